The van der Waals surface area contributed by atoms with Crippen LogP contribution in [-0.2, 0) is 4.79 Å². The first-order chi connectivity index (χ1) is 26.7. The van der Waals surface area contributed by atoms with Gasteiger partial charge in [0.05, 0.1) is 18.8 Å². The Labute approximate surface area is 340 Å². The minimum Gasteiger partial charge on any atom is -0.394 e. The van der Waals surface area contributed by atoms with Gasteiger partial charge >= 0.3 is 0 Å². The van der Waals surface area contributed by atoms with Crippen molar-refractivity contribution in [2.45, 2.75) is 309 Å². The summed E-state index contributed by atoms with van der Waals surface area (Å²) >= 11 is 0. The van der Waals surface area contributed by atoms with Gasteiger partial charge in [0, 0.05) is 6.42 Å². The Kier molecular flexibility index (Phi) is 46.2. The Balaban J connectivity index is 3.42. The van der Waals surface area contributed by atoms with Crippen molar-refractivity contribution in [1.29, 1.82) is 0 Å². The molecule has 0 aliphatic heterocycles. The van der Waals surface area contributed by atoms with E-state index < -0.39 is 12.1 Å². The summed E-state index contributed by atoms with van der Waals surface area (Å²) in [5.74, 6) is -0.0239. The fraction of sp³-hybridized carbons (Fsp3) is 0.980. The van der Waals surface area contributed by atoms with E-state index in [1.54, 1.807) is 0 Å². The molecule has 0 aliphatic rings. The zero-order chi connectivity index (χ0) is 39.3. The van der Waals surface area contributed by atoms with Crippen LogP contribution in [0.3, 0.4) is 0 Å². The topological polar surface area (TPSA) is 69.6 Å². The molecule has 4 heteroatoms. The van der Waals surface area contributed by atoms with Crippen molar-refractivity contribution in [3.63, 3.8) is 0 Å². The van der Waals surface area contributed by atoms with Crippen LogP contribution < -0.4 is 5.32 Å². The number of aliphatic hydroxyl groups excluding tert-OH is 2. The van der Waals surface area contributed by atoms with Crippen LogP contribution in [0.2, 0.25) is 0 Å². The van der Waals surface area contributed by atoms with Gasteiger partial charge in [-0.25, -0.2) is 0 Å². The molecule has 0 aromatic carbocycles. The van der Waals surface area contributed by atoms with Crippen molar-refractivity contribution in [3.05, 3.63) is 0 Å². The molecular formula is C50H101NO3. The lowest BCUT2D eigenvalue weighted by atomic mass is 10.0. The number of carbonyl (C=O) groups is 1. The Bertz CT molecular complexity index is 699. The second-order valence-corrected chi connectivity index (χ2v) is 17.6. The van der Waals surface area contributed by atoms with E-state index in [-0.39, 0.29) is 12.5 Å². The molecule has 54 heavy (non-hydrogen) atoms. The predicted molar refractivity (Wildman–Crippen MR) is 240 cm³/mol. The Morgan fingerprint density at radius 3 is 0.833 bits per heavy atom. The summed E-state index contributed by atoms with van der Waals surface area (Å²) in [7, 11) is 0. The Hall–Kier alpha value is -0.610. The van der Waals surface area contributed by atoms with Crippen molar-refractivity contribution < 1.29 is 15.0 Å². The van der Waals surface area contributed by atoms with E-state index in [4.69, 9.17) is 0 Å². The first-order valence-electron chi connectivity index (χ1n) is 25.2. The number of rotatable bonds is 47. The Morgan fingerprint density at radius 1 is 0.370 bits per heavy atom. The van der Waals surface area contributed by atoms with E-state index in [1.807, 2.05) is 0 Å². The summed E-state index contributed by atoms with van der Waals surface area (Å²) < 4.78 is 0. The quantitative estimate of drug-likeness (QED) is 0.0541. The number of nitrogens with one attached hydrogen (secondary N) is 1. The molecular weight excluding hydrogens is 663 g/mol. The first-order valence-corrected chi connectivity index (χ1v) is 25.2. The highest BCUT2D eigenvalue weighted by molar-refractivity contribution is 5.76. The number of hydrogen-bond donors (Lipinski definition) is 3. The average Bonchev–Trinajstić information content (AvgIpc) is 3.18. The zero-order valence-electron chi connectivity index (χ0n) is 37.3. The van der Waals surface area contributed by atoms with E-state index in [0.717, 1.165) is 25.7 Å². The van der Waals surface area contributed by atoms with Crippen LogP contribution in [0.5, 0.6) is 0 Å². The summed E-state index contributed by atoms with van der Waals surface area (Å²) in [6.45, 7) is 4.40. The molecule has 0 bridgehead atoms. The molecule has 2 atom stereocenters. The molecule has 0 aromatic rings. The molecule has 0 aromatic heterocycles. The third-order valence-electron chi connectivity index (χ3n) is 12.1. The standard InChI is InChI=1S/C50H101NO3/c1-3-5-7-9-11-13-15-17-19-21-23-24-25-26-27-28-29-31-33-35-37-39-41-43-45-49(53)48(47-52)51-50(54)46-44-42-40-38-36-34-32-30-22-20-18-16-14-12-10-8-6-4-2/h48-49,52-53H,3-47H2,1-2H3,(H,51,54). The van der Waals surface area contributed by atoms with Crippen LogP contribution in [0.15, 0.2) is 0 Å². The maximum absolute atomic E-state index is 12.4. The molecule has 0 fully saturated rings. The minimum absolute atomic E-state index is 0.0239. The summed E-state index contributed by atoms with van der Waals surface area (Å²) in [5, 5.41) is 23.3. The normalized spacial score (nSPS) is 12.7. The van der Waals surface area contributed by atoms with Gasteiger partial charge in [-0.15, -0.1) is 0 Å². The van der Waals surface area contributed by atoms with Crippen molar-refractivity contribution in [3.8, 4) is 0 Å². The van der Waals surface area contributed by atoms with Crippen molar-refractivity contribution in [2.75, 3.05) is 6.61 Å². The largest absolute Gasteiger partial charge is 0.394 e. The van der Waals surface area contributed by atoms with E-state index in [2.05, 4.69) is 19.2 Å². The second kappa shape index (κ2) is 46.8. The van der Waals surface area contributed by atoms with E-state index >= 15 is 0 Å². The summed E-state index contributed by atoms with van der Waals surface area (Å²) in [6, 6.07) is -0.530. The van der Waals surface area contributed by atoms with Crippen LogP contribution >= 0.6 is 0 Å². The van der Waals surface area contributed by atoms with Gasteiger partial charge in [0.2, 0.25) is 5.91 Å². The maximum atomic E-state index is 12.4. The van der Waals surface area contributed by atoms with Crippen LogP contribution in [0.4, 0.5) is 0 Å². The molecule has 0 aliphatic carbocycles. The molecule has 0 saturated heterocycles. The second-order valence-electron chi connectivity index (χ2n) is 17.6. The third-order valence-corrected chi connectivity index (χ3v) is 12.1. The highest BCUT2D eigenvalue weighted by atomic mass is 16.3. The van der Waals surface area contributed by atoms with Crippen LogP contribution in [0.25, 0.3) is 0 Å². The van der Waals surface area contributed by atoms with Gasteiger partial charge in [0.15, 0.2) is 0 Å². The van der Waals surface area contributed by atoms with Crippen molar-refractivity contribution >= 4 is 5.91 Å². The lowest BCUT2D eigenvalue weighted by molar-refractivity contribution is -0.123. The molecule has 0 heterocycles. The fourth-order valence-electron chi connectivity index (χ4n) is 8.25. The third kappa shape index (κ3) is 42.5. The van der Waals surface area contributed by atoms with Crippen LogP contribution in [0.1, 0.15) is 296 Å². The lowest BCUT2D eigenvalue weighted by Crippen LogP contribution is -2.45. The van der Waals surface area contributed by atoms with Gasteiger partial charge in [0.1, 0.15) is 0 Å². The molecule has 4 nitrogen and oxygen atoms in total. The summed E-state index contributed by atoms with van der Waals surface area (Å²) in [5.41, 5.74) is 0. The molecule has 0 saturated carbocycles. The molecule has 3 N–H and O–H groups in total. The van der Waals surface area contributed by atoms with Gasteiger partial charge in [-0.2, -0.15) is 0 Å². The SMILES string of the molecule is CCCCCCCCCCCCCCCCCCCCCCCCCCC(O)C(CO)NC(=O)CCCCCCCCCCCCCCCCCCCC. The van der Waals surface area contributed by atoms with E-state index in [1.165, 1.54) is 244 Å². The van der Waals surface area contributed by atoms with E-state index in [9.17, 15) is 15.0 Å². The van der Waals surface area contributed by atoms with Gasteiger partial charge in [-0.1, -0.05) is 277 Å². The molecule has 1 amide bonds. The van der Waals surface area contributed by atoms with Gasteiger partial charge < -0.3 is 15.5 Å². The average molecular weight is 764 g/mol. The number of amides is 1. The Morgan fingerprint density at radius 2 is 0.593 bits per heavy atom. The van der Waals surface area contributed by atoms with Gasteiger partial charge in [-0.05, 0) is 12.8 Å². The smallest absolute Gasteiger partial charge is 0.220 e. The van der Waals surface area contributed by atoms with Crippen LogP contribution in [-0.4, -0.2) is 34.9 Å². The zero-order valence-corrected chi connectivity index (χ0v) is 37.3. The number of aliphatic hydroxyl groups is 2. The molecule has 0 spiro atoms. The summed E-state index contributed by atoms with van der Waals surface area (Å²) in [6.07, 6.45) is 57.8. The number of unbranched alkanes of at least 4 members (excludes halogenated alkanes) is 40. The molecule has 2 unspecified atom stereocenters. The first kappa shape index (κ1) is 53.4. The van der Waals surface area contributed by atoms with Gasteiger partial charge in [-0.3, -0.25) is 4.79 Å². The summed E-state index contributed by atoms with van der Waals surface area (Å²) in [4.78, 5) is 12.4. The van der Waals surface area contributed by atoms with Gasteiger partial charge in [0.25, 0.3) is 0 Å². The maximum Gasteiger partial charge on any atom is 0.220 e. The number of carbonyl (C=O) groups excluding carboxylic acids is 1. The number of hydrogen-bond acceptors (Lipinski definition) is 3. The van der Waals surface area contributed by atoms with Crippen LogP contribution in [0, 0.1) is 0 Å². The fourth-order valence-corrected chi connectivity index (χ4v) is 8.25. The lowest BCUT2D eigenvalue weighted by Gasteiger charge is -2.22. The molecule has 0 radical (unpaired) electrons. The van der Waals surface area contributed by atoms with Crippen molar-refractivity contribution in [2.24, 2.45) is 0 Å². The highest BCUT2D eigenvalue weighted by Gasteiger charge is 2.20. The molecule has 324 valence electrons. The van der Waals surface area contributed by atoms with Crippen molar-refractivity contribution in [1.82, 2.24) is 5.32 Å². The molecule has 0 rings (SSSR count). The monoisotopic (exact) mass is 764 g/mol. The highest BCUT2D eigenvalue weighted by Crippen LogP contribution is 2.18. The minimum atomic E-state index is -0.654. The van der Waals surface area contributed by atoms with E-state index in [0.29, 0.717) is 12.8 Å². The predicted octanol–water partition coefficient (Wildman–Crippen LogP) is 16.0.